The quantitative estimate of drug-likeness (QED) is 0.594. The number of hydrogen-bond acceptors (Lipinski definition) is 2. The van der Waals surface area contributed by atoms with Crippen molar-refractivity contribution in [3.63, 3.8) is 0 Å². The fourth-order valence-corrected chi connectivity index (χ4v) is 1.72. The number of allylic oxidation sites excluding steroid dienone is 1. The van der Waals surface area contributed by atoms with E-state index in [0.717, 1.165) is 12.8 Å². The minimum absolute atomic E-state index is 0.334. The number of halogens is 1. The van der Waals surface area contributed by atoms with Crippen molar-refractivity contribution in [1.29, 1.82) is 0 Å². The number of nitrogens with one attached hydrogen (secondary N) is 1. The highest BCUT2D eigenvalue weighted by Crippen LogP contribution is 2.10. The number of hydrogen-bond donors (Lipinski definition) is 2. The first-order chi connectivity index (χ1) is 9.04. The first kappa shape index (κ1) is 15.2. The zero-order valence-corrected chi connectivity index (χ0v) is 11.3. The second kappa shape index (κ2) is 7.59. The van der Waals surface area contributed by atoms with Crippen LogP contribution in [-0.2, 0) is 4.79 Å². The summed E-state index contributed by atoms with van der Waals surface area (Å²) in [5.74, 6) is -0.870. The van der Waals surface area contributed by atoms with Gasteiger partial charge >= 0.3 is 0 Å². The Bertz CT molecular complexity index is 457. The molecule has 1 rings (SSSR count). The van der Waals surface area contributed by atoms with Gasteiger partial charge in [0.05, 0.1) is 0 Å². The Balaban J connectivity index is 2.62. The van der Waals surface area contributed by atoms with Gasteiger partial charge < -0.3 is 11.1 Å². The summed E-state index contributed by atoms with van der Waals surface area (Å²) in [5.41, 5.74) is 5.71. The molecule has 2 amide bonds. The summed E-state index contributed by atoms with van der Waals surface area (Å²) >= 11 is 5.74. The number of rotatable bonds is 7. The van der Waals surface area contributed by atoms with Crippen LogP contribution < -0.4 is 11.1 Å². The van der Waals surface area contributed by atoms with Crippen LogP contribution in [0.1, 0.15) is 29.6 Å². The van der Waals surface area contributed by atoms with Crippen molar-refractivity contribution in [2.24, 2.45) is 5.73 Å². The lowest BCUT2D eigenvalue weighted by atomic mass is 10.1. The number of amides is 2. The summed E-state index contributed by atoms with van der Waals surface area (Å²) in [5, 5.41) is 3.17. The third kappa shape index (κ3) is 5.14. The number of nitrogens with two attached hydrogens (primary N) is 1. The monoisotopic (exact) mass is 280 g/mol. The summed E-state index contributed by atoms with van der Waals surface area (Å²) in [7, 11) is 0. The third-order valence-electron chi connectivity index (χ3n) is 2.66. The molecule has 0 heterocycles. The standard InChI is InChI=1S/C14H17ClN2O2/c1-2-3-4-5-12(13(16)18)17-14(19)10-6-8-11(15)9-7-10/h2,6-9,12H,1,3-5H2,(H2,16,18)(H,17,19)/t12-/m0/s1. The number of carbonyl (C=O) groups is 2. The first-order valence-corrected chi connectivity index (χ1v) is 6.39. The summed E-state index contributed by atoms with van der Waals surface area (Å²) in [6.45, 7) is 3.60. The van der Waals surface area contributed by atoms with E-state index in [-0.39, 0.29) is 5.91 Å². The molecular weight excluding hydrogens is 264 g/mol. The first-order valence-electron chi connectivity index (χ1n) is 6.01. The zero-order valence-electron chi connectivity index (χ0n) is 10.6. The van der Waals surface area contributed by atoms with E-state index in [1.54, 1.807) is 30.3 Å². The Labute approximate surface area is 117 Å². The Morgan fingerprint density at radius 2 is 2.00 bits per heavy atom. The van der Waals surface area contributed by atoms with Crippen LogP contribution in [0.5, 0.6) is 0 Å². The van der Waals surface area contributed by atoms with Crippen molar-refractivity contribution < 1.29 is 9.59 Å². The molecule has 1 aromatic carbocycles. The number of carbonyl (C=O) groups excluding carboxylic acids is 2. The van der Waals surface area contributed by atoms with E-state index < -0.39 is 11.9 Å². The highest BCUT2D eigenvalue weighted by molar-refractivity contribution is 6.30. The fraction of sp³-hybridized carbons (Fsp3) is 0.286. The molecule has 1 atom stereocenters. The average Bonchev–Trinajstić information content (AvgIpc) is 2.38. The predicted octanol–water partition coefficient (Wildman–Crippen LogP) is 2.28. The fourth-order valence-electron chi connectivity index (χ4n) is 1.59. The largest absolute Gasteiger partial charge is 0.368 e. The zero-order chi connectivity index (χ0) is 14.3. The van der Waals surface area contributed by atoms with Crippen LogP contribution in [0.15, 0.2) is 36.9 Å². The molecule has 0 fully saturated rings. The lowest BCUT2D eigenvalue weighted by Crippen LogP contribution is -2.44. The highest BCUT2D eigenvalue weighted by atomic mass is 35.5. The number of unbranched alkanes of at least 4 members (excludes halogenated alkanes) is 1. The average molecular weight is 281 g/mol. The van der Waals surface area contributed by atoms with E-state index in [0.29, 0.717) is 17.0 Å². The Morgan fingerprint density at radius 1 is 1.37 bits per heavy atom. The summed E-state index contributed by atoms with van der Waals surface area (Å²) in [6.07, 6.45) is 3.79. The highest BCUT2D eigenvalue weighted by Gasteiger charge is 2.18. The van der Waals surface area contributed by atoms with Crippen molar-refractivity contribution in [1.82, 2.24) is 5.32 Å². The maximum Gasteiger partial charge on any atom is 0.251 e. The molecule has 0 saturated heterocycles. The summed E-state index contributed by atoms with van der Waals surface area (Å²) in [4.78, 5) is 23.2. The third-order valence-corrected chi connectivity index (χ3v) is 2.91. The van der Waals surface area contributed by atoms with Crippen molar-refractivity contribution in [2.75, 3.05) is 0 Å². The molecule has 0 saturated carbocycles. The van der Waals surface area contributed by atoms with E-state index in [1.807, 2.05) is 0 Å². The second-order valence-electron chi connectivity index (χ2n) is 4.15. The number of benzene rings is 1. The van der Waals surface area contributed by atoms with Crippen LogP contribution in [0.4, 0.5) is 0 Å². The van der Waals surface area contributed by atoms with Gasteiger partial charge in [-0.1, -0.05) is 17.7 Å². The van der Waals surface area contributed by atoms with Gasteiger partial charge in [-0.2, -0.15) is 0 Å². The molecule has 5 heteroatoms. The van der Waals surface area contributed by atoms with E-state index in [9.17, 15) is 9.59 Å². The molecule has 4 nitrogen and oxygen atoms in total. The predicted molar refractivity (Wildman–Crippen MR) is 75.9 cm³/mol. The van der Waals surface area contributed by atoms with Gasteiger partial charge in [0.1, 0.15) is 6.04 Å². The van der Waals surface area contributed by atoms with Crippen molar-refractivity contribution >= 4 is 23.4 Å². The SMILES string of the molecule is C=CCCC[C@H](NC(=O)c1ccc(Cl)cc1)C(N)=O. The van der Waals surface area contributed by atoms with E-state index >= 15 is 0 Å². The lowest BCUT2D eigenvalue weighted by molar-refractivity contribution is -0.120. The molecule has 3 N–H and O–H groups in total. The molecule has 0 bridgehead atoms. The van der Waals surface area contributed by atoms with Crippen molar-refractivity contribution in [2.45, 2.75) is 25.3 Å². The molecule has 19 heavy (non-hydrogen) atoms. The summed E-state index contributed by atoms with van der Waals surface area (Å²) < 4.78 is 0. The van der Waals surface area contributed by atoms with E-state index in [1.165, 1.54) is 0 Å². The van der Waals surface area contributed by atoms with Crippen LogP contribution >= 0.6 is 11.6 Å². The topological polar surface area (TPSA) is 72.2 Å². The van der Waals surface area contributed by atoms with Gasteiger partial charge in [0.25, 0.3) is 5.91 Å². The molecule has 0 aromatic heterocycles. The van der Waals surface area contributed by atoms with Crippen LogP contribution in [-0.4, -0.2) is 17.9 Å². The second-order valence-corrected chi connectivity index (χ2v) is 4.59. The Hall–Kier alpha value is -1.81. The van der Waals surface area contributed by atoms with E-state index in [4.69, 9.17) is 17.3 Å². The van der Waals surface area contributed by atoms with E-state index in [2.05, 4.69) is 11.9 Å². The minimum atomic E-state index is -0.664. The molecule has 0 aliphatic carbocycles. The van der Waals surface area contributed by atoms with Gasteiger partial charge in [0.2, 0.25) is 5.91 Å². The smallest absolute Gasteiger partial charge is 0.251 e. The van der Waals surface area contributed by atoms with Gasteiger partial charge in [-0.05, 0) is 43.5 Å². The van der Waals surface area contributed by atoms with Gasteiger partial charge in [-0.3, -0.25) is 9.59 Å². The minimum Gasteiger partial charge on any atom is -0.368 e. The molecule has 0 radical (unpaired) electrons. The molecule has 1 aromatic rings. The van der Waals surface area contributed by atoms with Crippen LogP contribution in [0.2, 0.25) is 5.02 Å². The molecular formula is C14H17ClN2O2. The van der Waals surface area contributed by atoms with Crippen molar-refractivity contribution in [3.8, 4) is 0 Å². The van der Waals surface area contributed by atoms with Gasteiger partial charge in [0.15, 0.2) is 0 Å². The van der Waals surface area contributed by atoms with Gasteiger partial charge in [-0.15, -0.1) is 6.58 Å². The Morgan fingerprint density at radius 3 is 2.53 bits per heavy atom. The normalized spacial score (nSPS) is 11.6. The van der Waals surface area contributed by atoms with Crippen molar-refractivity contribution in [3.05, 3.63) is 47.5 Å². The van der Waals surface area contributed by atoms with Crippen LogP contribution in [0, 0.1) is 0 Å². The van der Waals surface area contributed by atoms with Gasteiger partial charge in [-0.25, -0.2) is 0 Å². The van der Waals surface area contributed by atoms with Gasteiger partial charge in [0, 0.05) is 10.6 Å². The lowest BCUT2D eigenvalue weighted by Gasteiger charge is -2.15. The number of primary amides is 1. The molecule has 0 aliphatic rings. The van der Waals surface area contributed by atoms with Crippen LogP contribution in [0.3, 0.4) is 0 Å². The molecule has 0 unspecified atom stereocenters. The molecule has 0 aliphatic heterocycles. The molecule has 102 valence electrons. The van der Waals surface area contributed by atoms with Crippen LogP contribution in [0.25, 0.3) is 0 Å². The summed E-state index contributed by atoms with van der Waals surface area (Å²) in [6, 6.07) is 5.77. The maximum absolute atomic E-state index is 11.9. The molecule has 0 spiro atoms. The Kier molecular flexibility index (Phi) is 6.09. The maximum atomic E-state index is 11.9.